The highest BCUT2D eigenvalue weighted by Gasteiger charge is 2.31. The zero-order valence-corrected chi connectivity index (χ0v) is 6.79. The highest BCUT2D eigenvalue weighted by atomic mass is 15.2. The Morgan fingerprint density at radius 3 is 3.00 bits per heavy atom. The molecule has 0 saturated carbocycles. The Bertz CT molecular complexity index is 182. The molecule has 0 aliphatic carbocycles. The summed E-state index contributed by atoms with van der Waals surface area (Å²) in [5.74, 6) is 0.356. The fourth-order valence-corrected chi connectivity index (χ4v) is 2.34. The molecule has 0 aromatic carbocycles. The van der Waals surface area contributed by atoms with Gasteiger partial charge in [-0.15, -0.1) is 0 Å². The molecule has 60 valence electrons. The molecule has 2 aliphatic heterocycles. The predicted octanol–water partition coefficient (Wildman–Crippen LogP) is 1.38. The van der Waals surface area contributed by atoms with E-state index in [4.69, 9.17) is 5.26 Å². The summed E-state index contributed by atoms with van der Waals surface area (Å²) in [6, 6.07) is 3.15. The maximum Gasteiger partial charge on any atom is 0.0656 e. The first-order valence-electron chi connectivity index (χ1n) is 4.54. The minimum atomic E-state index is 0.356. The predicted molar refractivity (Wildman–Crippen MR) is 42.9 cm³/mol. The Balaban J connectivity index is 1.97. The van der Waals surface area contributed by atoms with Crippen LogP contribution in [-0.4, -0.2) is 24.0 Å². The topological polar surface area (TPSA) is 27.0 Å². The van der Waals surface area contributed by atoms with E-state index in [1.54, 1.807) is 0 Å². The largest absolute Gasteiger partial charge is 0.300 e. The SMILES string of the molecule is N#CC1CCN2CCCC2C1. The Morgan fingerprint density at radius 1 is 1.27 bits per heavy atom. The molecule has 2 fully saturated rings. The average molecular weight is 150 g/mol. The van der Waals surface area contributed by atoms with Crippen LogP contribution in [0, 0.1) is 17.2 Å². The highest BCUT2D eigenvalue weighted by Crippen LogP contribution is 2.29. The van der Waals surface area contributed by atoms with Crippen molar-refractivity contribution in [2.45, 2.75) is 31.7 Å². The maximum atomic E-state index is 8.74. The molecule has 0 aromatic rings. The van der Waals surface area contributed by atoms with E-state index in [2.05, 4.69) is 11.0 Å². The number of piperidine rings is 1. The molecule has 2 heterocycles. The maximum absolute atomic E-state index is 8.74. The Morgan fingerprint density at radius 2 is 2.18 bits per heavy atom. The van der Waals surface area contributed by atoms with E-state index < -0.39 is 0 Å². The number of nitriles is 1. The zero-order valence-electron chi connectivity index (χ0n) is 6.79. The van der Waals surface area contributed by atoms with Crippen LogP contribution in [0.1, 0.15) is 25.7 Å². The molecule has 11 heavy (non-hydrogen) atoms. The number of hydrogen-bond acceptors (Lipinski definition) is 2. The van der Waals surface area contributed by atoms with Gasteiger partial charge in [0, 0.05) is 12.0 Å². The summed E-state index contributed by atoms with van der Waals surface area (Å²) >= 11 is 0. The highest BCUT2D eigenvalue weighted by molar-refractivity contribution is 4.94. The number of nitrogens with zero attached hydrogens (tertiary/aromatic N) is 2. The van der Waals surface area contributed by atoms with Crippen LogP contribution >= 0.6 is 0 Å². The standard InChI is InChI=1S/C9H14N2/c10-7-8-3-5-11-4-1-2-9(11)6-8/h8-9H,1-6H2. The van der Waals surface area contributed by atoms with E-state index in [0.29, 0.717) is 5.92 Å². The monoisotopic (exact) mass is 150 g/mol. The van der Waals surface area contributed by atoms with Gasteiger partial charge in [-0.1, -0.05) is 0 Å². The second-order valence-electron chi connectivity index (χ2n) is 3.68. The zero-order chi connectivity index (χ0) is 7.68. The molecule has 2 heteroatoms. The van der Waals surface area contributed by atoms with Gasteiger partial charge in [0.25, 0.3) is 0 Å². The third-order valence-electron chi connectivity index (χ3n) is 3.00. The molecule has 0 N–H and O–H groups in total. The van der Waals surface area contributed by atoms with Crippen molar-refractivity contribution in [3.05, 3.63) is 0 Å². The van der Waals surface area contributed by atoms with Crippen molar-refractivity contribution in [2.24, 2.45) is 5.92 Å². The van der Waals surface area contributed by atoms with E-state index in [1.807, 2.05) is 0 Å². The summed E-state index contributed by atoms with van der Waals surface area (Å²) in [4.78, 5) is 2.55. The van der Waals surface area contributed by atoms with Crippen molar-refractivity contribution in [2.75, 3.05) is 13.1 Å². The van der Waals surface area contributed by atoms with Crippen LogP contribution < -0.4 is 0 Å². The average Bonchev–Trinajstić information content (AvgIpc) is 2.50. The van der Waals surface area contributed by atoms with Crippen LogP contribution in [-0.2, 0) is 0 Å². The summed E-state index contributed by atoms with van der Waals surface area (Å²) < 4.78 is 0. The molecular formula is C9H14N2. The van der Waals surface area contributed by atoms with Crippen LogP contribution in [0.4, 0.5) is 0 Å². The van der Waals surface area contributed by atoms with E-state index in [0.717, 1.165) is 18.9 Å². The van der Waals surface area contributed by atoms with Gasteiger partial charge < -0.3 is 4.90 Å². The molecule has 2 saturated heterocycles. The summed E-state index contributed by atoms with van der Waals surface area (Å²) in [6.07, 6.45) is 4.92. The second kappa shape index (κ2) is 2.83. The minimum absolute atomic E-state index is 0.356. The molecule has 2 atom stereocenters. The lowest BCUT2D eigenvalue weighted by molar-refractivity contribution is 0.174. The third kappa shape index (κ3) is 1.25. The molecule has 2 rings (SSSR count). The summed E-state index contributed by atoms with van der Waals surface area (Å²) in [5, 5.41) is 8.74. The normalized spacial score (nSPS) is 38.1. The molecule has 0 radical (unpaired) electrons. The lowest BCUT2D eigenvalue weighted by Gasteiger charge is -2.31. The Labute approximate surface area is 67.8 Å². The van der Waals surface area contributed by atoms with E-state index in [9.17, 15) is 0 Å². The molecule has 0 amide bonds. The first-order chi connectivity index (χ1) is 5.40. The van der Waals surface area contributed by atoms with Gasteiger partial charge in [0.05, 0.1) is 6.07 Å². The molecule has 0 aromatic heterocycles. The first kappa shape index (κ1) is 7.12. The fourth-order valence-electron chi connectivity index (χ4n) is 2.34. The quantitative estimate of drug-likeness (QED) is 0.521. The van der Waals surface area contributed by atoms with Gasteiger partial charge in [0.15, 0.2) is 0 Å². The lowest BCUT2D eigenvalue weighted by Crippen LogP contribution is -2.37. The Kier molecular flexibility index (Phi) is 1.83. The minimum Gasteiger partial charge on any atom is -0.300 e. The molecular weight excluding hydrogens is 136 g/mol. The van der Waals surface area contributed by atoms with Crippen molar-refractivity contribution in [1.82, 2.24) is 4.90 Å². The third-order valence-corrected chi connectivity index (χ3v) is 3.00. The van der Waals surface area contributed by atoms with Gasteiger partial charge in [-0.25, -0.2) is 0 Å². The van der Waals surface area contributed by atoms with Gasteiger partial charge in [0.1, 0.15) is 0 Å². The van der Waals surface area contributed by atoms with Crippen molar-refractivity contribution in [1.29, 1.82) is 5.26 Å². The van der Waals surface area contributed by atoms with Crippen molar-refractivity contribution in [3.63, 3.8) is 0 Å². The van der Waals surface area contributed by atoms with Gasteiger partial charge >= 0.3 is 0 Å². The fraction of sp³-hybridized carbons (Fsp3) is 0.889. The van der Waals surface area contributed by atoms with Crippen LogP contribution in [0.25, 0.3) is 0 Å². The van der Waals surface area contributed by atoms with Crippen LogP contribution in [0.15, 0.2) is 0 Å². The van der Waals surface area contributed by atoms with Gasteiger partial charge in [-0.2, -0.15) is 5.26 Å². The van der Waals surface area contributed by atoms with Crippen molar-refractivity contribution in [3.8, 4) is 6.07 Å². The molecule has 2 nitrogen and oxygen atoms in total. The molecule has 0 spiro atoms. The number of rotatable bonds is 0. The van der Waals surface area contributed by atoms with Crippen LogP contribution in [0.2, 0.25) is 0 Å². The van der Waals surface area contributed by atoms with Gasteiger partial charge in [-0.05, 0) is 38.8 Å². The van der Waals surface area contributed by atoms with E-state index in [1.165, 1.54) is 25.9 Å². The number of fused-ring (bicyclic) bond motifs is 1. The lowest BCUT2D eigenvalue weighted by atomic mass is 9.92. The van der Waals surface area contributed by atoms with Gasteiger partial charge in [-0.3, -0.25) is 0 Å². The number of hydrogen-bond donors (Lipinski definition) is 0. The molecule has 0 bridgehead atoms. The van der Waals surface area contributed by atoms with Crippen LogP contribution in [0.5, 0.6) is 0 Å². The van der Waals surface area contributed by atoms with Crippen LogP contribution in [0.3, 0.4) is 0 Å². The van der Waals surface area contributed by atoms with Crippen molar-refractivity contribution < 1.29 is 0 Å². The Hall–Kier alpha value is -0.550. The molecule has 2 aliphatic rings. The summed E-state index contributed by atoms with van der Waals surface area (Å²) in [6.45, 7) is 2.45. The summed E-state index contributed by atoms with van der Waals surface area (Å²) in [7, 11) is 0. The van der Waals surface area contributed by atoms with Crippen molar-refractivity contribution >= 4 is 0 Å². The van der Waals surface area contributed by atoms with E-state index >= 15 is 0 Å². The molecule has 2 unspecified atom stereocenters. The van der Waals surface area contributed by atoms with E-state index in [-0.39, 0.29) is 0 Å². The summed E-state index contributed by atoms with van der Waals surface area (Å²) in [5.41, 5.74) is 0. The first-order valence-corrected chi connectivity index (χ1v) is 4.54. The smallest absolute Gasteiger partial charge is 0.0656 e. The van der Waals surface area contributed by atoms with Gasteiger partial charge in [0.2, 0.25) is 0 Å². The second-order valence-corrected chi connectivity index (χ2v) is 3.68.